The van der Waals surface area contributed by atoms with Gasteiger partial charge >= 0.3 is 5.69 Å². The number of rotatable bonds is 6. The van der Waals surface area contributed by atoms with Crippen LogP contribution < -0.4 is 11.2 Å². The molecule has 0 fully saturated rings. The van der Waals surface area contributed by atoms with Crippen LogP contribution in [0.25, 0.3) is 0 Å². The molecule has 0 radical (unpaired) electrons. The Hall–Kier alpha value is -1.37. The smallest absolute Gasteiger partial charge is 0.300 e. The zero-order valence-corrected chi connectivity index (χ0v) is 12.3. The average Bonchev–Trinajstić information content (AvgIpc) is 2.32. The molecule has 0 bridgehead atoms. The van der Waals surface area contributed by atoms with Gasteiger partial charge in [-0.1, -0.05) is 6.92 Å². The van der Waals surface area contributed by atoms with Crippen molar-refractivity contribution in [2.24, 2.45) is 0 Å². The largest absolute Gasteiger partial charge is 0.330 e. The number of hydrogen-bond acceptors (Lipinski definition) is 4. The molecule has 0 aliphatic heterocycles. The molecule has 0 N–H and O–H groups in total. The van der Waals surface area contributed by atoms with Gasteiger partial charge in [-0.3, -0.25) is 9.36 Å². The summed E-state index contributed by atoms with van der Waals surface area (Å²) in [5, 5.41) is -0.509. The van der Waals surface area contributed by atoms with Crippen molar-refractivity contribution in [1.29, 1.82) is 0 Å². The fourth-order valence-electron chi connectivity index (χ4n) is 1.63. The zero-order chi connectivity index (χ0) is 14.6. The molecule has 1 aromatic rings. The minimum Gasteiger partial charge on any atom is -0.300 e. The zero-order valence-electron chi connectivity index (χ0n) is 11.5. The first-order valence-corrected chi connectivity index (χ1v) is 8.03. The van der Waals surface area contributed by atoms with Gasteiger partial charge in [0.1, 0.15) is 0 Å². The average molecular weight is 288 g/mol. The molecule has 0 saturated heterocycles. The third-order valence-electron chi connectivity index (χ3n) is 2.92. The topological polar surface area (TPSA) is 78.1 Å². The molecule has 1 rings (SSSR count). The molecule has 1 heterocycles. The Morgan fingerprint density at radius 3 is 2.37 bits per heavy atom. The van der Waals surface area contributed by atoms with E-state index in [1.807, 2.05) is 6.92 Å². The van der Waals surface area contributed by atoms with Gasteiger partial charge in [-0.2, -0.15) is 0 Å². The highest BCUT2D eigenvalue weighted by Crippen LogP contribution is 2.00. The van der Waals surface area contributed by atoms with Gasteiger partial charge < -0.3 is 4.57 Å². The maximum Gasteiger partial charge on any atom is 0.330 e. The van der Waals surface area contributed by atoms with E-state index in [2.05, 4.69) is 0 Å². The van der Waals surface area contributed by atoms with Crippen LogP contribution in [0.15, 0.2) is 21.9 Å². The second kappa shape index (κ2) is 6.18. The SMILES string of the molecule is CCCn1ccc(=O)n(CCS(=O)(=O)C(C)C)c1=O. The third kappa shape index (κ3) is 3.79. The number of aromatic nitrogens is 2. The molecule has 0 spiro atoms. The van der Waals surface area contributed by atoms with Crippen molar-refractivity contribution in [3.05, 3.63) is 33.1 Å². The third-order valence-corrected chi connectivity index (χ3v) is 5.11. The van der Waals surface area contributed by atoms with Gasteiger partial charge in [0.05, 0.1) is 11.0 Å². The fourth-order valence-corrected chi connectivity index (χ4v) is 2.54. The Bertz CT molecular complexity index is 640. The van der Waals surface area contributed by atoms with Gasteiger partial charge in [0, 0.05) is 25.4 Å². The maximum absolute atomic E-state index is 12.0. The molecular formula is C12H20N2O4S. The number of sulfone groups is 1. The van der Waals surface area contributed by atoms with Crippen molar-refractivity contribution >= 4 is 9.84 Å². The molecule has 0 aliphatic carbocycles. The highest BCUT2D eigenvalue weighted by Gasteiger charge is 2.17. The summed E-state index contributed by atoms with van der Waals surface area (Å²) in [6, 6.07) is 1.29. The lowest BCUT2D eigenvalue weighted by Gasteiger charge is -2.10. The molecule has 108 valence electrons. The van der Waals surface area contributed by atoms with Crippen molar-refractivity contribution in [1.82, 2.24) is 9.13 Å². The minimum absolute atomic E-state index is 0.0945. The van der Waals surface area contributed by atoms with E-state index in [-0.39, 0.29) is 12.3 Å². The molecule has 19 heavy (non-hydrogen) atoms. The lowest BCUT2D eigenvalue weighted by Crippen LogP contribution is -2.40. The number of aryl methyl sites for hydroxylation is 1. The first-order valence-electron chi connectivity index (χ1n) is 6.31. The standard InChI is InChI=1S/C12H20N2O4S/c1-4-6-13-7-5-11(15)14(12(13)16)8-9-19(17,18)10(2)3/h5,7,10H,4,6,8-9H2,1-3H3. The summed E-state index contributed by atoms with van der Waals surface area (Å²) in [7, 11) is -3.26. The maximum atomic E-state index is 12.0. The predicted octanol–water partition coefficient (Wildman–Crippen LogP) is 0.243. The Labute approximate surface area is 112 Å². The molecule has 0 aliphatic rings. The molecule has 0 saturated carbocycles. The first kappa shape index (κ1) is 15.7. The normalized spacial score (nSPS) is 12.0. The van der Waals surface area contributed by atoms with E-state index in [0.717, 1.165) is 11.0 Å². The summed E-state index contributed by atoms with van der Waals surface area (Å²) < 4.78 is 25.8. The molecule has 0 amide bonds. The molecule has 1 aromatic heterocycles. The number of nitrogens with zero attached hydrogens (tertiary/aromatic N) is 2. The summed E-state index contributed by atoms with van der Waals surface area (Å²) >= 11 is 0. The van der Waals surface area contributed by atoms with E-state index in [1.54, 1.807) is 13.8 Å². The lowest BCUT2D eigenvalue weighted by atomic mass is 10.4. The molecule has 0 atom stereocenters. The predicted molar refractivity (Wildman–Crippen MR) is 74.2 cm³/mol. The van der Waals surface area contributed by atoms with E-state index in [9.17, 15) is 18.0 Å². The van der Waals surface area contributed by atoms with Crippen LogP contribution in [0.5, 0.6) is 0 Å². The van der Waals surface area contributed by atoms with Crippen molar-refractivity contribution in [3.8, 4) is 0 Å². The van der Waals surface area contributed by atoms with Crippen LogP contribution >= 0.6 is 0 Å². The molecular weight excluding hydrogens is 268 g/mol. The fraction of sp³-hybridized carbons (Fsp3) is 0.667. The second-order valence-corrected chi connectivity index (χ2v) is 7.37. The van der Waals surface area contributed by atoms with Gasteiger partial charge in [-0.05, 0) is 20.3 Å². The second-order valence-electron chi connectivity index (χ2n) is 4.70. The van der Waals surface area contributed by atoms with E-state index in [0.29, 0.717) is 6.54 Å². The van der Waals surface area contributed by atoms with Crippen LogP contribution in [0.2, 0.25) is 0 Å². The minimum atomic E-state index is -3.26. The van der Waals surface area contributed by atoms with Crippen LogP contribution in [0.4, 0.5) is 0 Å². The van der Waals surface area contributed by atoms with Gasteiger partial charge in [-0.25, -0.2) is 13.2 Å². The van der Waals surface area contributed by atoms with E-state index < -0.39 is 26.3 Å². The number of hydrogen-bond donors (Lipinski definition) is 0. The highest BCUT2D eigenvalue weighted by molar-refractivity contribution is 7.91. The molecule has 6 nitrogen and oxygen atoms in total. The van der Waals surface area contributed by atoms with Crippen molar-refractivity contribution < 1.29 is 8.42 Å². The Kier molecular flexibility index (Phi) is 5.11. The Balaban J connectivity index is 3.06. The Morgan fingerprint density at radius 1 is 1.21 bits per heavy atom. The molecule has 0 aromatic carbocycles. The summed E-state index contributed by atoms with van der Waals surface area (Å²) in [5.74, 6) is -0.198. The highest BCUT2D eigenvalue weighted by atomic mass is 32.2. The lowest BCUT2D eigenvalue weighted by molar-refractivity contribution is 0.548. The van der Waals surface area contributed by atoms with E-state index in [1.165, 1.54) is 16.8 Å². The Morgan fingerprint density at radius 2 is 1.84 bits per heavy atom. The van der Waals surface area contributed by atoms with Gasteiger partial charge in [0.15, 0.2) is 9.84 Å². The van der Waals surface area contributed by atoms with Crippen LogP contribution in [-0.2, 0) is 22.9 Å². The summed E-state index contributed by atoms with van der Waals surface area (Å²) in [5.41, 5.74) is -0.912. The monoisotopic (exact) mass is 288 g/mol. The van der Waals surface area contributed by atoms with Crippen molar-refractivity contribution in [2.75, 3.05) is 5.75 Å². The summed E-state index contributed by atoms with van der Waals surface area (Å²) in [6.07, 6.45) is 2.21. The summed E-state index contributed by atoms with van der Waals surface area (Å²) in [6.45, 7) is 5.50. The van der Waals surface area contributed by atoms with Crippen molar-refractivity contribution in [2.45, 2.75) is 45.5 Å². The van der Waals surface area contributed by atoms with Gasteiger partial charge in [-0.15, -0.1) is 0 Å². The van der Waals surface area contributed by atoms with Crippen LogP contribution in [0.3, 0.4) is 0 Å². The van der Waals surface area contributed by atoms with Crippen LogP contribution in [-0.4, -0.2) is 28.6 Å². The molecule has 7 heteroatoms. The van der Waals surface area contributed by atoms with Crippen LogP contribution in [0.1, 0.15) is 27.2 Å². The van der Waals surface area contributed by atoms with Crippen molar-refractivity contribution in [3.63, 3.8) is 0 Å². The van der Waals surface area contributed by atoms with Crippen LogP contribution in [0, 0.1) is 0 Å². The first-order chi connectivity index (χ1) is 8.79. The molecule has 0 unspecified atom stereocenters. The van der Waals surface area contributed by atoms with E-state index >= 15 is 0 Å². The van der Waals surface area contributed by atoms with Gasteiger partial charge in [0.2, 0.25) is 0 Å². The van der Waals surface area contributed by atoms with E-state index in [4.69, 9.17) is 0 Å². The van der Waals surface area contributed by atoms with Gasteiger partial charge in [0.25, 0.3) is 5.56 Å². The summed E-state index contributed by atoms with van der Waals surface area (Å²) in [4.78, 5) is 23.6. The quantitative estimate of drug-likeness (QED) is 0.751.